The van der Waals surface area contributed by atoms with Gasteiger partial charge in [0.1, 0.15) is 5.75 Å². The molecule has 0 aromatic heterocycles. The summed E-state index contributed by atoms with van der Waals surface area (Å²) in [4.78, 5) is 12.1. The summed E-state index contributed by atoms with van der Waals surface area (Å²) in [6.07, 6.45) is 0. The zero-order valence-corrected chi connectivity index (χ0v) is 10.4. The molecule has 1 amide bonds. The molecular formula is C14H13N3O3. The molecule has 0 aliphatic rings. The number of nitrogens with zero attached hydrogens (tertiary/aromatic N) is 1. The summed E-state index contributed by atoms with van der Waals surface area (Å²) in [5.41, 5.74) is 6.45. The first-order valence-corrected chi connectivity index (χ1v) is 5.79. The van der Waals surface area contributed by atoms with E-state index in [2.05, 4.69) is 10.5 Å². The van der Waals surface area contributed by atoms with Crippen molar-refractivity contribution in [3.63, 3.8) is 0 Å². The van der Waals surface area contributed by atoms with Crippen LogP contribution < -0.4 is 11.1 Å². The number of amides is 1. The van der Waals surface area contributed by atoms with Gasteiger partial charge in [0, 0.05) is 5.56 Å². The monoisotopic (exact) mass is 271 g/mol. The van der Waals surface area contributed by atoms with Gasteiger partial charge in [0.05, 0.1) is 11.3 Å². The van der Waals surface area contributed by atoms with Crippen LogP contribution in [0.4, 0.5) is 5.69 Å². The second-order valence-electron chi connectivity index (χ2n) is 4.00. The molecule has 0 bridgehead atoms. The quantitative estimate of drug-likeness (QED) is 0.295. The first-order chi connectivity index (χ1) is 9.63. The van der Waals surface area contributed by atoms with Crippen LogP contribution in [0.25, 0.3) is 0 Å². The number of hydrogen-bond acceptors (Lipinski definition) is 4. The number of nitrogens with one attached hydrogen (secondary N) is 1. The van der Waals surface area contributed by atoms with E-state index in [0.29, 0.717) is 11.3 Å². The van der Waals surface area contributed by atoms with E-state index in [0.717, 1.165) is 0 Å². The summed E-state index contributed by atoms with van der Waals surface area (Å²) < 4.78 is 0. The maximum absolute atomic E-state index is 12.1. The van der Waals surface area contributed by atoms with Gasteiger partial charge in [0.25, 0.3) is 5.91 Å². The number of anilines is 1. The minimum atomic E-state index is -0.485. The van der Waals surface area contributed by atoms with Gasteiger partial charge in [-0.1, -0.05) is 29.4 Å². The number of hydrogen-bond donors (Lipinski definition) is 4. The summed E-state index contributed by atoms with van der Waals surface area (Å²) >= 11 is 0. The molecule has 0 saturated carbocycles. The van der Waals surface area contributed by atoms with Gasteiger partial charge in [-0.15, -0.1) is 0 Å². The number of benzene rings is 2. The molecule has 0 fully saturated rings. The van der Waals surface area contributed by atoms with Crippen molar-refractivity contribution in [1.29, 1.82) is 0 Å². The lowest BCUT2D eigenvalue weighted by Crippen LogP contribution is -2.19. The van der Waals surface area contributed by atoms with E-state index in [1.54, 1.807) is 36.4 Å². The minimum absolute atomic E-state index is 0.113. The van der Waals surface area contributed by atoms with Gasteiger partial charge >= 0.3 is 0 Å². The van der Waals surface area contributed by atoms with Crippen molar-refractivity contribution >= 4 is 17.4 Å². The second kappa shape index (κ2) is 5.75. The molecule has 0 aliphatic carbocycles. The van der Waals surface area contributed by atoms with Crippen LogP contribution in [0.15, 0.2) is 53.7 Å². The molecule has 20 heavy (non-hydrogen) atoms. The fraction of sp³-hybridized carbons (Fsp3) is 0. The SMILES string of the molecule is N/C(=N/O)c1ccccc1NC(=O)c1ccccc1O. The van der Waals surface area contributed by atoms with Crippen molar-refractivity contribution in [2.75, 3.05) is 5.32 Å². The number of para-hydroxylation sites is 2. The lowest BCUT2D eigenvalue weighted by Gasteiger charge is -2.10. The number of carbonyl (C=O) groups is 1. The van der Waals surface area contributed by atoms with E-state index in [9.17, 15) is 9.90 Å². The van der Waals surface area contributed by atoms with E-state index in [1.807, 2.05) is 0 Å². The third-order valence-electron chi connectivity index (χ3n) is 2.71. The van der Waals surface area contributed by atoms with E-state index in [4.69, 9.17) is 10.9 Å². The van der Waals surface area contributed by atoms with Crippen LogP contribution in [-0.4, -0.2) is 22.1 Å². The fourth-order valence-electron chi connectivity index (χ4n) is 1.72. The first-order valence-electron chi connectivity index (χ1n) is 5.79. The van der Waals surface area contributed by atoms with Gasteiger partial charge in [0.15, 0.2) is 5.84 Å². The predicted octanol–water partition coefficient (Wildman–Crippen LogP) is 1.74. The Kier molecular flexibility index (Phi) is 3.85. The van der Waals surface area contributed by atoms with Gasteiger partial charge in [-0.05, 0) is 24.3 Å². The number of amidine groups is 1. The summed E-state index contributed by atoms with van der Waals surface area (Å²) in [7, 11) is 0. The molecule has 6 heteroatoms. The van der Waals surface area contributed by atoms with Gasteiger partial charge in [-0.2, -0.15) is 0 Å². The molecule has 0 radical (unpaired) electrons. The Balaban J connectivity index is 2.32. The van der Waals surface area contributed by atoms with Gasteiger partial charge in [-0.25, -0.2) is 0 Å². The molecule has 2 aromatic rings. The largest absolute Gasteiger partial charge is 0.507 e. The van der Waals surface area contributed by atoms with Crippen molar-refractivity contribution in [1.82, 2.24) is 0 Å². The van der Waals surface area contributed by atoms with Crippen LogP contribution in [0, 0.1) is 0 Å². The zero-order valence-electron chi connectivity index (χ0n) is 10.4. The van der Waals surface area contributed by atoms with Crippen LogP contribution in [0.5, 0.6) is 5.75 Å². The highest BCUT2D eigenvalue weighted by molar-refractivity contribution is 6.10. The van der Waals surface area contributed by atoms with Crippen molar-refractivity contribution in [3.05, 3.63) is 59.7 Å². The molecule has 6 nitrogen and oxygen atoms in total. The van der Waals surface area contributed by atoms with Crippen molar-refractivity contribution in [3.8, 4) is 5.75 Å². The van der Waals surface area contributed by atoms with Crippen LogP contribution in [-0.2, 0) is 0 Å². The number of rotatable bonds is 3. The normalized spacial score (nSPS) is 11.1. The van der Waals surface area contributed by atoms with E-state index < -0.39 is 5.91 Å². The number of phenolic OH excluding ortho intramolecular Hbond substituents is 1. The molecule has 2 rings (SSSR count). The highest BCUT2D eigenvalue weighted by Gasteiger charge is 2.13. The van der Waals surface area contributed by atoms with Crippen LogP contribution >= 0.6 is 0 Å². The van der Waals surface area contributed by atoms with Crippen molar-refractivity contribution in [2.24, 2.45) is 10.9 Å². The molecule has 0 saturated heterocycles. The number of phenols is 1. The molecule has 0 unspecified atom stereocenters. The van der Waals surface area contributed by atoms with Crippen molar-refractivity contribution in [2.45, 2.75) is 0 Å². The second-order valence-corrected chi connectivity index (χ2v) is 4.00. The molecule has 0 aliphatic heterocycles. The standard InChI is InChI=1S/C14H13N3O3/c15-13(17-20)9-5-1-3-7-11(9)16-14(19)10-6-2-4-8-12(10)18/h1-8,18,20H,(H2,15,17)(H,16,19). The first kappa shape index (κ1) is 13.4. The third-order valence-corrected chi connectivity index (χ3v) is 2.71. The Morgan fingerprint density at radius 2 is 1.65 bits per heavy atom. The van der Waals surface area contributed by atoms with Crippen molar-refractivity contribution < 1.29 is 15.1 Å². The molecule has 0 heterocycles. The molecular weight excluding hydrogens is 258 g/mol. The van der Waals surface area contributed by atoms with E-state index >= 15 is 0 Å². The zero-order chi connectivity index (χ0) is 14.5. The Morgan fingerprint density at radius 3 is 2.30 bits per heavy atom. The third kappa shape index (κ3) is 2.69. The van der Waals surface area contributed by atoms with Crippen LogP contribution in [0.2, 0.25) is 0 Å². The number of aromatic hydroxyl groups is 1. The molecule has 5 N–H and O–H groups in total. The maximum Gasteiger partial charge on any atom is 0.259 e. The summed E-state index contributed by atoms with van der Waals surface area (Å²) in [6, 6.07) is 12.8. The Labute approximate surface area is 115 Å². The topological polar surface area (TPSA) is 108 Å². The van der Waals surface area contributed by atoms with Crippen LogP contribution in [0.3, 0.4) is 0 Å². The maximum atomic E-state index is 12.1. The molecule has 2 aromatic carbocycles. The lowest BCUT2D eigenvalue weighted by molar-refractivity contribution is 0.102. The Hall–Kier alpha value is -3.02. The fourth-order valence-corrected chi connectivity index (χ4v) is 1.72. The number of carbonyl (C=O) groups excluding carboxylic acids is 1. The predicted molar refractivity (Wildman–Crippen MR) is 75.0 cm³/mol. The summed E-state index contributed by atoms with van der Waals surface area (Å²) in [6.45, 7) is 0. The number of oxime groups is 1. The van der Waals surface area contributed by atoms with E-state index in [1.165, 1.54) is 12.1 Å². The molecule has 0 atom stereocenters. The highest BCUT2D eigenvalue weighted by Crippen LogP contribution is 2.20. The smallest absolute Gasteiger partial charge is 0.259 e. The van der Waals surface area contributed by atoms with E-state index in [-0.39, 0.29) is 17.1 Å². The van der Waals surface area contributed by atoms with Gasteiger partial charge < -0.3 is 21.4 Å². The minimum Gasteiger partial charge on any atom is -0.507 e. The highest BCUT2D eigenvalue weighted by atomic mass is 16.4. The van der Waals surface area contributed by atoms with Crippen LogP contribution in [0.1, 0.15) is 15.9 Å². The summed E-state index contributed by atoms with van der Waals surface area (Å²) in [5.74, 6) is -0.717. The van der Waals surface area contributed by atoms with Gasteiger partial charge in [0.2, 0.25) is 0 Å². The molecule has 0 spiro atoms. The average Bonchev–Trinajstić information content (AvgIpc) is 2.47. The number of nitrogens with two attached hydrogens (primary N) is 1. The lowest BCUT2D eigenvalue weighted by atomic mass is 10.1. The molecule has 102 valence electrons. The Bertz CT molecular complexity index is 668. The summed E-state index contributed by atoms with van der Waals surface area (Å²) in [5, 5.41) is 23.9. The van der Waals surface area contributed by atoms with Gasteiger partial charge in [-0.3, -0.25) is 4.79 Å². The average molecular weight is 271 g/mol. The Morgan fingerprint density at radius 1 is 1.05 bits per heavy atom.